The molecule has 7 nitrogen and oxygen atoms in total. The lowest BCUT2D eigenvalue weighted by molar-refractivity contribution is -0.274. The number of halogens is 3. The van der Waals surface area contributed by atoms with Gasteiger partial charge in [0.1, 0.15) is 12.0 Å². The summed E-state index contributed by atoms with van der Waals surface area (Å²) in [4.78, 5) is 17.5. The number of benzene rings is 2. The monoisotopic (exact) mass is 500 g/mol. The summed E-state index contributed by atoms with van der Waals surface area (Å²) in [5, 5.41) is 7.41. The van der Waals surface area contributed by atoms with E-state index >= 15 is 0 Å². The molecule has 1 saturated carbocycles. The van der Waals surface area contributed by atoms with Gasteiger partial charge in [-0.25, -0.2) is 0 Å². The summed E-state index contributed by atoms with van der Waals surface area (Å²) in [6, 6.07) is 10.1. The van der Waals surface area contributed by atoms with E-state index in [1.807, 2.05) is 19.1 Å². The van der Waals surface area contributed by atoms with E-state index in [0.717, 1.165) is 41.5 Å². The Morgan fingerprint density at radius 2 is 2.11 bits per heavy atom. The van der Waals surface area contributed by atoms with Gasteiger partial charge in [-0.2, -0.15) is 4.98 Å². The van der Waals surface area contributed by atoms with Crippen molar-refractivity contribution < 1.29 is 27.2 Å². The lowest BCUT2D eigenvalue weighted by Gasteiger charge is -2.31. The Bertz CT molecular complexity index is 1240. The Kier molecular flexibility index (Phi) is 6.81. The lowest BCUT2D eigenvalue weighted by atomic mass is 9.87. The average molecular weight is 501 g/mol. The molecule has 190 valence electrons. The quantitative estimate of drug-likeness (QED) is 0.437. The van der Waals surface area contributed by atoms with E-state index in [0.29, 0.717) is 61.7 Å². The molecule has 2 aliphatic rings. The summed E-state index contributed by atoms with van der Waals surface area (Å²) >= 11 is 0. The maximum absolute atomic E-state index is 12.7. The number of nitrogens with zero attached hydrogens (tertiary/aromatic N) is 3. The zero-order valence-corrected chi connectivity index (χ0v) is 19.8. The molecule has 1 fully saturated rings. The van der Waals surface area contributed by atoms with Gasteiger partial charge < -0.3 is 19.4 Å². The number of aromatic nitrogens is 2. The molecule has 0 saturated heterocycles. The average Bonchev–Trinajstić information content (AvgIpc) is 3.48. The van der Waals surface area contributed by atoms with Gasteiger partial charge in [0.05, 0.1) is 6.54 Å². The van der Waals surface area contributed by atoms with Crippen molar-refractivity contribution in [1.29, 1.82) is 0 Å². The molecule has 0 bridgehead atoms. The molecule has 1 aliphatic carbocycles. The van der Waals surface area contributed by atoms with Crippen molar-refractivity contribution in [2.75, 3.05) is 19.6 Å². The minimum atomic E-state index is -4.74. The molecule has 10 heteroatoms. The predicted molar refractivity (Wildman–Crippen MR) is 125 cm³/mol. The van der Waals surface area contributed by atoms with E-state index in [1.165, 1.54) is 12.1 Å². The largest absolute Gasteiger partial charge is 0.573 e. The number of fused-ring (bicyclic) bond motifs is 1. The molecule has 0 radical (unpaired) electrons. The normalized spacial score (nSPS) is 19.7. The number of hydrogen-bond acceptors (Lipinski definition) is 7. The van der Waals surface area contributed by atoms with Crippen molar-refractivity contribution in [1.82, 2.24) is 20.4 Å². The highest BCUT2D eigenvalue weighted by molar-refractivity contribution is 5.71. The van der Waals surface area contributed by atoms with Gasteiger partial charge in [0, 0.05) is 25.6 Å². The van der Waals surface area contributed by atoms with E-state index in [4.69, 9.17) is 4.52 Å². The van der Waals surface area contributed by atoms with Gasteiger partial charge in [0.2, 0.25) is 5.89 Å². The molecule has 0 spiro atoms. The van der Waals surface area contributed by atoms with Crippen molar-refractivity contribution in [3.63, 3.8) is 0 Å². The molecule has 1 aromatic heterocycles. The van der Waals surface area contributed by atoms with Crippen LogP contribution >= 0.6 is 0 Å². The fourth-order valence-corrected chi connectivity index (χ4v) is 4.99. The zero-order chi connectivity index (χ0) is 25.3. The van der Waals surface area contributed by atoms with Crippen molar-refractivity contribution in [2.45, 2.75) is 45.1 Å². The number of aryl methyl sites for hydroxylation is 1. The van der Waals surface area contributed by atoms with Gasteiger partial charge in [-0.05, 0) is 72.2 Å². The number of alkyl halides is 3. The number of carbonyl (C=O) groups excluding carboxylic acids is 1. The van der Waals surface area contributed by atoms with Crippen LogP contribution in [0.4, 0.5) is 13.2 Å². The Morgan fingerprint density at radius 3 is 2.86 bits per heavy atom. The van der Waals surface area contributed by atoms with Crippen LogP contribution in [-0.2, 0) is 24.3 Å². The van der Waals surface area contributed by atoms with Crippen LogP contribution in [0.15, 0.2) is 40.9 Å². The van der Waals surface area contributed by atoms with Crippen molar-refractivity contribution in [2.24, 2.45) is 5.92 Å². The number of rotatable bonds is 9. The van der Waals surface area contributed by atoms with E-state index in [-0.39, 0.29) is 5.75 Å². The van der Waals surface area contributed by atoms with Gasteiger partial charge in [-0.15, -0.1) is 13.2 Å². The third kappa shape index (κ3) is 5.60. The van der Waals surface area contributed by atoms with Gasteiger partial charge in [-0.1, -0.05) is 29.4 Å². The molecular formula is C26H27F3N4O3. The zero-order valence-electron chi connectivity index (χ0n) is 19.8. The van der Waals surface area contributed by atoms with Crippen molar-refractivity contribution in [3.05, 3.63) is 64.8 Å². The summed E-state index contributed by atoms with van der Waals surface area (Å²) in [7, 11) is 0. The highest BCUT2D eigenvalue weighted by Gasteiger charge is 2.42. The molecule has 3 aromatic rings. The molecule has 2 unspecified atom stereocenters. The Balaban J connectivity index is 1.34. The van der Waals surface area contributed by atoms with Gasteiger partial charge in [0.25, 0.3) is 0 Å². The van der Waals surface area contributed by atoms with E-state index in [2.05, 4.69) is 25.1 Å². The molecule has 2 aromatic carbocycles. The van der Waals surface area contributed by atoms with Crippen LogP contribution in [0.25, 0.3) is 11.1 Å². The first-order valence-electron chi connectivity index (χ1n) is 12.0. The van der Waals surface area contributed by atoms with E-state index in [1.54, 1.807) is 12.1 Å². The van der Waals surface area contributed by atoms with Crippen LogP contribution < -0.4 is 10.1 Å². The first-order valence-corrected chi connectivity index (χ1v) is 12.0. The highest BCUT2D eigenvalue weighted by atomic mass is 19.4. The second kappa shape index (κ2) is 10.0. The molecule has 5 rings (SSSR count). The van der Waals surface area contributed by atoms with E-state index in [9.17, 15) is 18.0 Å². The topological polar surface area (TPSA) is 80.5 Å². The highest BCUT2D eigenvalue weighted by Crippen LogP contribution is 2.46. The van der Waals surface area contributed by atoms with Crippen molar-refractivity contribution >= 4 is 6.29 Å². The summed E-state index contributed by atoms with van der Waals surface area (Å²) in [5.41, 5.74) is 4.91. The first-order chi connectivity index (χ1) is 17.3. The maximum atomic E-state index is 12.7. The maximum Gasteiger partial charge on any atom is 0.573 e. The summed E-state index contributed by atoms with van der Waals surface area (Å²) < 4.78 is 47.7. The molecule has 1 N–H and O–H groups in total. The van der Waals surface area contributed by atoms with Crippen LogP contribution in [0, 0.1) is 12.8 Å². The first kappa shape index (κ1) is 24.5. The lowest BCUT2D eigenvalue weighted by Crippen LogP contribution is -2.33. The third-order valence-corrected chi connectivity index (χ3v) is 6.80. The second-order valence-corrected chi connectivity index (χ2v) is 9.37. The molecule has 36 heavy (non-hydrogen) atoms. The Morgan fingerprint density at radius 1 is 1.25 bits per heavy atom. The van der Waals surface area contributed by atoms with Crippen LogP contribution in [0.3, 0.4) is 0 Å². The fourth-order valence-electron chi connectivity index (χ4n) is 4.99. The molecular weight excluding hydrogens is 473 g/mol. The summed E-state index contributed by atoms with van der Waals surface area (Å²) in [5.74, 6) is 1.84. The molecule has 2 atom stereocenters. The smallest absolute Gasteiger partial charge is 0.406 e. The third-order valence-electron chi connectivity index (χ3n) is 6.80. The minimum Gasteiger partial charge on any atom is -0.406 e. The second-order valence-electron chi connectivity index (χ2n) is 9.37. The summed E-state index contributed by atoms with van der Waals surface area (Å²) in [6.45, 7) is 4.95. The fraction of sp³-hybridized carbons (Fsp3) is 0.423. The number of nitrogens with one attached hydrogen (secondary N) is 1. The van der Waals surface area contributed by atoms with Gasteiger partial charge >= 0.3 is 6.36 Å². The SMILES string of the molecule is Cc1noc(C2CC2CNCc2ccc(-c3cccc(OC(F)(F)F)c3)c3c2CN(CC=O)CC3)n1. The van der Waals surface area contributed by atoms with Crippen LogP contribution in [-0.4, -0.2) is 47.3 Å². The van der Waals surface area contributed by atoms with Crippen LogP contribution in [0.5, 0.6) is 5.75 Å². The van der Waals surface area contributed by atoms with E-state index < -0.39 is 6.36 Å². The van der Waals surface area contributed by atoms with Crippen molar-refractivity contribution in [3.8, 4) is 16.9 Å². The molecule has 0 amide bonds. The standard InChI is InChI=1S/C26H27F3N4O3/c1-16-31-25(36-32-16)23-12-19(23)14-30-13-18-5-6-21(22-7-8-33(9-10-34)15-24(18)22)17-3-2-4-20(11-17)35-26(27,28)29/h2-6,10-11,19,23,30H,7-9,12-15H2,1H3. The molecule has 2 heterocycles. The number of aldehydes is 1. The molecule has 1 aliphatic heterocycles. The number of carbonyl (C=O) groups is 1. The minimum absolute atomic E-state index is 0.242. The van der Waals surface area contributed by atoms with Crippen LogP contribution in [0.2, 0.25) is 0 Å². The number of hydrogen-bond donors (Lipinski definition) is 1. The van der Waals surface area contributed by atoms with Gasteiger partial charge in [0.15, 0.2) is 5.82 Å². The number of ether oxygens (including phenoxy) is 1. The Labute approximate surface area is 206 Å². The summed E-state index contributed by atoms with van der Waals surface area (Å²) in [6.07, 6.45) is -2.13. The van der Waals surface area contributed by atoms with Crippen LogP contribution in [0.1, 0.15) is 40.7 Å². The Hall–Kier alpha value is -3.24. The predicted octanol–water partition coefficient (Wildman–Crippen LogP) is 4.39. The van der Waals surface area contributed by atoms with Gasteiger partial charge in [-0.3, -0.25) is 4.90 Å².